The first-order valence-corrected chi connectivity index (χ1v) is 15.8. The molecule has 214 valence electrons. The first-order chi connectivity index (χ1) is 18.7. The first-order valence-electron chi connectivity index (χ1n) is 13.9. The van der Waals surface area contributed by atoms with E-state index < -0.39 is 10.0 Å². The van der Waals surface area contributed by atoms with Gasteiger partial charge < -0.3 is 18.9 Å². The summed E-state index contributed by atoms with van der Waals surface area (Å²) < 4.78 is 50.2. The van der Waals surface area contributed by atoms with Crippen molar-refractivity contribution in [1.29, 1.82) is 0 Å². The highest BCUT2D eigenvalue weighted by molar-refractivity contribution is 7.88. The van der Waals surface area contributed by atoms with Gasteiger partial charge in [-0.1, -0.05) is 13.3 Å². The van der Waals surface area contributed by atoms with Gasteiger partial charge in [0.05, 0.1) is 40.7 Å². The van der Waals surface area contributed by atoms with Crippen LogP contribution in [0, 0.1) is 11.8 Å². The van der Waals surface area contributed by atoms with Crippen LogP contribution in [-0.4, -0.2) is 72.0 Å². The summed E-state index contributed by atoms with van der Waals surface area (Å²) in [6.45, 7) is 4.78. The van der Waals surface area contributed by atoms with Crippen molar-refractivity contribution in [3.05, 3.63) is 46.5 Å². The van der Waals surface area contributed by atoms with Crippen molar-refractivity contribution in [2.24, 2.45) is 11.8 Å². The molecule has 3 aliphatic rings. The van der Waals surface area contributed by atoms with E-state index in [1.807, 2.05) is 12.1 Å². The average Bonchev–Trinajstić information content (AvgIpc) is 2.94. The summed E-state index contributed by atoms with van der Waals surface area (Å²) in [5.74, 6) is 3.72. The zero-order valence-electron chi connectivity index (χ0n) is 24.0. The van der Waals surface area contributed by atoms with E-state index in [1.54, 1.807) is 32.7 Å². The normalized spacial score (nSPS) is 25.3. The molecule has 0 aliphatic carbocycles. The van der Waals surface area contributed by atoms with E-state index in [0.717, 1.165) is 61.4 Å². The van der Waals surface area contributed by atoms with Gasteiger partial charge in [-0.2, -0.15) is 4.31 Å². The smallest absolute Gasteiger partial charge is 0.211 e. The maximum absolute atomic E-state index is 13.0. The van der Waals surface area contributed by atoms with E-state index in [4.69, 9.17) is 18.9 Å². The molecule has 3 aliphatic heterocycles. The van der Waals surface area contributed by atoms with Gasteiger partial charge in [0.15, 0.2) is 23.0 Å². The number of hydrogen-bond donors (Lipinski definition) is 0. The van der Waals surface area contributed by atoms with Crippen molar-refractivity contribution in [2.45, 2.75) is 51.1 Å². The van der Waals surface area contributed by atoms with Crippen LogP contribution in [0.3, 0.4) is 0 Å². The Morgan fingerprint density at radius 1 is 0.795 bits per heavy atom. The number of ether oxygens (including phenoxy) is 4. The molecule has 1 fully saturated rings. The fraction of sp³-hybridized carbons (Fsp3) is 0.600. The molecule has 0 spiro atoms. The van der Waals surface area contributed by atoms with Crippen LogP contribution >= 0.6 is 0 Å². The standard InChI is InChI=1S/C30H42N2O6S/c1-7-19-18-31-10-8-20-14-27(35-2)29(37-4)16-23(20)25(31)12-22(19)13-26-24-17-30(38-5)28(36-3)15-21(24)9-11-32(26)39(6,33)34/h14-17,19,22,25-26H,7-13,18H2,1-6H3. The van der Waals surface area contributed by atoms with Crippen LogP contribution in [0.2, 0.25) is 0 Å². The van der Waals surface area contributed by atoms with Crippen LogP contribution in [-0.2, 0) is 22.9 Å². The van der Waals surface area contributed by atoms with Crippen LogP contribution < -0.4 is 18.9 Å². The summed E-state index contributed by atoms with van der Waals surface area (Å²) in [7, 11) is 3.24. The second kappa shape index (κ2) is 11.2. The molecule has 0 N–H and O–H groups in total. The second-order valence-electron chi connectivity index (χ2n) is 11.1. The molecule has 39 heavy (non-hydrogen) atoms. The Balaban J connectivity index is 1.52. The molecule has 4 atom stereocenters. The molecule has 0 aromatic heterocycles. The number of hydrogen-bond acceptors (Lipinski definition) is 7. The number of benzene rings is 2. The van der Waals surface area contributed by atoms with Crippen LogP contribution in [0.1, 0.15) is 60.5 Å². The highest BCUT2D eigenvalue weighted by Gasteiger charge is 2.42. The summed E-state index contributed by atoms with van der Waals surface area (Å²) in [6.07, 6.45) is 5.82. The molecule has 8 nitrogen and oxygen atoms in total. The minimum Gasteiger partial charge on any atom is -0.493 e. The van der Waals surface area contributed by atoms with Crippen LogP contribution in [0.15, 0.2) is 24.3 Å². The Morgan fingerprint density at radius 2 is 1.33 bits per heavy atom. The number of sulfonamides is 1. The Labute approximate surface area is 233 Å². The van der Waals surface area contributed by atoms with Gasteiger partial charge in [0.25, 0.3) is 0 Å². The van der Waals surface area contributed by atoms with Gasteiger partial charge in [0.2, 0.25) is 10.0 Å². The van der Waals surface area contributed by atoms with Crippen LogP contribution in [0.25, 0.3) is 0 Å². The Kier molecular flexibility index (Phi) is 8.04. The first kappa shape index (κ1) is 28.1. The lowest BCUT2D eigenvalue weighted by Crippen LogP contribution is -2.47. The molecule has 9 heteroatoms. The van der Waals surface area contributed by atoms with E-state index in [2.05, 4.69) is 24.0 Å². The summed E-state index contributed by atoms with van der Waals surface area (Å²) in [6, 6.07) is 8.36. The van der Waals surface area contributed by atoms with Crippen molar-refractivity contribution in [3.8, 4) is 23.0 Å². The summed E-state index contributed by atoms with van der Waals surface area (Å²) >= 11 is 0. The van der Waals surface area contributed by atoms with E-state index in [9.17, 15) is 8.42 Å². The molecule has 5 rings (SSSR count). The minimum absolute atomic E-state index is 0.234. The number of piperidine rings is 1. The lowest BCUT2D eigenvalue weighted by molar-refractivity contribution is 0.0387. The molecule has 2 aromatic rings. The molecule has 0 radical (unpaired) electrons. The Hall–Kier alpha value is -2.49. The van der Waals surface area contributed by atoms with Crippen LogP contribution in [0.4, 0.5) is 0 Å². The third kappa shape index (κ3) is 5.21. The van der Waals surface area contributed by atoms with Crippen molar-refractivity contribution < 1.29 is 27.4 Å². The van der Waals surface area contributed by atoms with E-state index in [0.29, 0.717) is 36.3 Å². The van der Waals surface area contributed by atoms with Crippen molar-refractivity contribution >= 4 is 10.0 Å². The zero-order chi connectivity index (χ0) is 27.9. The topological polar surface area (TPSA) is 77.5 Å². The third-order valence-electron chi connectivity index (χ3n) is 9.21. The fourth-order valence-corrected chi connectivity index (χ4v) is 8.27. The van der Waals surface area contributed by atoms with Crippen molar-refractivity contribution in [3.63, 3.8) is 0 Å². The number of nitrogens with zero attached hydrogens (tertiary/aromatic N) is 2. The highest BCUT2D eigenvalue weighted by Crippen LogP contribution is 2.49. The summed E-state index contributed by atoms with van der Waals surface area (Å²) in [5.41, 5.74) is 4.81. The van der Waals surface area contributed by atoms with E-state index in [1.165, 1.54) is 17.4 Å². The SMILES string of the molecule is CCC1CN2CCc3cc(OC)c(OC)cc3C2CC1CC1c2cc(OC)c(OC)cc2CCN1S(C)(=O)=O. The molecule has 1 saturated heterocycles. The Bertz CT molecular complexity index is 1310. The Morgan fingerprint density at radius 3 is 1.90 bits per heavy atom. The molecule has 0 amide bonds. The maximum Gasteiger partial charge on any atom is 0.211 e. The van der Waals surface area contributed by atoms with Crippen molar-refractivity contribution in [1.82, 2.24) is 9.21 Å². The van der Waals surface area contributed by atoms with E-state index in [-0.39, 0.29) is 12.1 Å². The summed E-state index contributed by atoms with van der Waals surface area (Å²) in [4.78, 5) is 2.62. The van der Waals surface area contributed by atoms with Crippen molar-refractivity contribution in [2.75, 3.05) is 54.3 Å². The van der Waals surface area contributed by atoms with Gasteiger partial charge in [-0.25, -0.2) is 8.42 Å². The average molecular weight is 559 g/mol. The van der Waals surface area contributed by atoms with E-state index >= 15 is 0 Å². The number of fused-ring (bicyclic) bond motifs is 4. The molecule has 4 unspecified atom stereocenters. The van der Waals surface area contributed by atoms with Crippen LogP contribution in [0.5, 0.6) is 23.0 Å². The van der Waals surface area contributed by atoms with Gasteiger partial charge >= 0.3 is 0 Å². The zero-order valence-corrected chi connectivity index (χ0v) is 24.8. The molecule has 0 saturated carbocycles. The summed E-state index contributed by atoms with van der Waals surface area (Å²) in [5, 5.41) is 0. The fourth-order valence-electron chi connectivity index (χ4n) is 7.19. The highest BCUT2D eigenvalue weighted by atomic mass is 32.2. The quantitative estimate of drug-likeness (QED) is 0.468. The largest absolute Gasteiger partial charge is 0.493 e. The molecule has 3 heterocycles. The van der Waals surface area contributed by atoms with Gasteiger partial charge in [-0.05, 0) is 84.0 Å². The lowest BCUT2D eigenvalue weighted by atomic mass is 9.72. The third-order valence-corrected chi connectivity index (χ3v) is 10.5. The number of rotatable bonds is 8. The molecular formula is C30H42N2O6S. The lowest BCUT2D eigenvalue weighted by Gasteiger charge is -2.49. The van der Waals surface area contributed by atoms with Gasteiger partial charge in [0.1, 0.15) is 0 Å². The van der Waals surface area contributed by atoms with Gasteiger partial charge in [-0.3, -0.25) is 4.90 Å². The number of methoxy groups -OCH3 is 4. The molecular weight excluding hydrogens is 516 g/mol. The second-order valence-corrected chi connectivity index (χ2v) is 13.0. The monoisotopic (exact) mass is 558 g/mol. The maximum atomic E-state index is 13.0. The molecule has 2 aromatic carbocycles. The van der Waals surface area contributed by atoms with Gasteiger partial charge in [-0.15, -0.1) is 0 Å². The van der Waals surface area contributed by atoms with Gasteiger partial charge in [0, 0.05) is 25.7 Å². The molecule has 0 bridgehead atoms. The predicted molar refractivity (Wildman–Crippen MR) is 152 cm³/mol. The minimum atomic E-state index is -3.40. The predicted octanol–water partition coefficient (Wildman–Crippen LogP) is 4.62.